The van der Waals surface area contributed by atoms with E-state index in [0.29, 0.717) is 16.8 Å². The standard InChI is InChI=1S/C19H16FN3O6/c1-11-5-6-14(8-16(11)23(26)27)21-18(24)10-28-19(25)17-9-15(22-29-17)12-3-2-4-13(20)7-12/h2-8,17H,9-10H2,1H3,(H,21,24). The average Bonchev–Trinajstić information content (AvgIpc) is 3.18. The molecule has 0 saturated carbocycles. The van der Waals surface area contributed by atoms with Crippen molar-refractivity contribution in [2.75, 3.05) is 11.9 Å². The van der Waals surface area contributed by atoms with Gasteiger partial charge in [-0.25, -0.2) is 9.18 Å². The van der Waals surface area contributed by atoms with Gasteiger partial charge in [0.15, 0.2) is 6.61 Å². The highest BCUT2D eigenvalue weighted by atomic mass is 19.1. The summed E-state index contributed by atoms with van der Waals surface area (Å²) in [6.45, 7) is 0.975. The molecule has 10 heteroatoms. The number of benzene rings is 2. The summed E-state index contributed by atoms with van der Waals surface area (Å²) in [5, 5.41) is 17.1. The molecular formula is C19H16FN3O6. The normalized spacial score (nSPS) is 15.2. The van der Waals surface area contributed by atoms with Gasteiger partial charge >= 0.3 is 5.97 Å². The molecule has 9 nitrogen and oxygen atoms in total. The summed E-state index contributed by atoms with van der Waals surface area (Å²) in [5.74, 6) is -1.91. The molecule has 0 aromatic heterocycles. The molecule has 1 aliphatic rings. The number of hydrogen-bond donors (Lipinski definition) is 1. The topological polar surface area (TPSA) is 120 Å². The predicted octanol–water partition coefficient (Wildman–Crippen LogP) is 2.72. The number of nitro benzene ring substituents is 1. The zero-order chi connectivity index (χ0) is 21.0. The van der Waals surface area contributed by atoms with E-state index in [4.69, 9.17) is 9.57 Å². The average molecular weight is 401 g/mol. The summed E-state index contributed by atoms with van der Waals surface area (Å²) in [4.78, 5) is 39.4. The number of hydrogen-bond acceptors (Lipinski definition) is 7. The molecule has 1 atom stereocenters. The quantitative estimate of drug-likeness (QED) is 0.451. The largest absolute Gasteiger partial charge is 0.453 e. The Labute approximate surface area is 164 Å². The maximum absolute atomic E-state index is 13.3. The van der Waals surface area contributed by atoms with Gasteiger partial charge in [0.2, 0.25) is 6.10 Å². The molecule has 29 heavy (non-hydrogen) atoms. The van der Waals surface area contributed by atoms with E-state index >= 15 is 0 Å². The summed E-state index contributed by atoms with van der Waals surface area (Å²) in [7, 11) is 0. The van der Waals surface area contributed by atoms with Gasteiger partial charge in [0.25, 0.3) is 11.6 Å². The molecule has 1 N–H and O–H groups in total. The summed E-state index contributed by atoms with van der Waals surface area (Å²) < 4.78 is 18.2. The lowest BCUT2D eigenvalue weighted by Gasteiger charge is -2.09. The molecule has 1 unspecified atom stereocenters. The van der Waals surface area contributed by atoms with E-state index < -0.39 is 35.3 Å². The second-order valence-electron chi connectivity index (χ2n) is 6.26. The second kappa shape index (κ2) is 8.46. The summed E-state index contributed by atoms with van der Waals surface area (Å²) >= 11 is 0. The molecule has 0 fully saturated rings. The molecule has 150 valence electrons. The summed E-state index contributed by atoms with van der Waals surface area (Å²) in [6, 6.07) is 9.91. The number of carbonyl (C=O) groups excluding carboxylic acids is 2. The molecule has 0 aliphatic carbocycles. The van der Waals surface area contributed by atoms with E-state index in [9.17, 15) is 24.1 Å². The van der Waals surface area contributed by atoms with E-state index in [1.54, 1.807) is 13.0 Å². The van der Waals surface area contributed by atoms with Gasteiger partial charge in [-0.3, -0.25) is 14.9 Å². The molecule has 0 radical (unpaired) electrons. The number of rotatable bonds is 6. The van der Waals surface area contributed by atoms with Crippen LogP contribution in [0, 0.1) is 22.9 Å². The van der Waals surface area contributed by atoms with Crippen LogP contribution in [0.25, 0.3) is 0 Å². The number of carbonyl (C=O) groups is 2. The van der Waals surface area contributed by atoms with Crippen molar-refractivity contribution in [1.29, 1.82) is 0 Å². The predicted molar refractivity (Wildman–Crippen MR) is 99.8 cm³/mol. The van der Waals surface area contributed by atoms with Crippen molar-refractivity contribution < 1.29 is 28.5 Å². The minimum absolute atomic E-state index is 0.0774. The van der Waals surface area contributed by atoms with Crippen LogP contribution in [0.1, 0.15) is 17.5 Å². The molecule has 0 bridgehead atoms. The number of esters is 1. The molecule has 3 rings (SSSR count). The SMILES string of the molecule is Cc1ccc(NC(=O)COC(=O)C2CC(c3cccc(F)c3)=NO2)cc1[N+](=O)[O-]. The van der Waals surface area contributed by atoms with E-state index in [-0.39, 0.29) is 17.8 Å². The fourth-order valence-electron chi connectivity index (χ4n) is 2.65. The van der Waals surface area contributed by atoms with Gasteiger partial charge in [-0.15, -0.1) is 0 Å². The maximum atomic E-state index is 13.3. The first kappa shape index (κ1) is 19.9. The van der Waals surface area contributed by atoms with Gasteiger partial charge in [0.1, 0.15) is 5.82 Å². The highest BCUT2D eigenvalue weighted by molar-refractivity contribution is 6.03. The third-order valence-corrected chi connectivity index (χ3v) is 4.12. The van der Waals surface area contributed by atoms with Gasteiger partial charge in [0.05, 0.1) is 10.6 Å². The van der Waals surface area contributed by atoms with Crippen molar-refractivity contribution in [3.8, 4) is 0 Å². The monoisotopic (exact) mass is 401 g/mol. The third kappa shape index (κ3) is 4.92. The fourth-order valence-corrected chi connectivity index (χ4v) is 2.65. The number of halogens is 1. The number of nitro groups is 1. The number of nitrogens with zero attached hydrogens (tertiary/aromatic N) is 2. The first-order chi connectivity index (χ1) is 13.8. The molecule has 0 saturated heterocycles. The minimum Gasteiger partial charge on any atom is -0.453 e. The van der Waals surface area contributed by atoms with Gasteiger partial charge in [0, 0.05) is 29.3 Å². The van der Waals surface area contributed by atoms with Gasteiger partial charge in [-0.2, -0.15) is 0 Å². The number of oxime groups is 1. The first-order valence-electron chi connectivity index (χ1n) is 8.53. The number of aryl methyl sites for hydroxylation is 1. The molecular weight excluding hydrogens is 385 g/mol. The lowest BCUT2D eigenvalue weighted by molar-refractivity contribution is -0.385. The van der Waals surface area contributed by atoms with Crippen LogP contribution < -0.4 is 5.32 Å². The van der Waals surface area contributed by atoms with Crippen LogP contribution in [0.2, 0.25) is 0 Å². The van der Waals surface area contributed by atoms with E-state index in [1.807, 2.05) is 0 Å². The van der Waals surface area contributed by atoms with E-state index in [0.717, 1.165) is 0 Å². The Kier molecular flexibility index (Phi) is 5.82. The zero-order valence-corrected chi connectivity index (χ0v) is 15.3. The van der Waals surface area contributed by atoms with Crippen LogP contribution >= 0.6 is 0 Å². The van der Waals surface area contributed by atoms with Crippen molar-refractivity contribution in [3.63, 3.8) is 0 Å². The van der Waals surface area contributed by atoms with Gasteiger partial charge < -0.3 is 14.9 Å². The smallest absolute Gasteiger partial charge is 0.351 e. The maximum Gasteiger partial charge on any atom is 0.351 e. The summed E-state index contributed by atoms with van der Waals surface area (Å²) in [6.07, 6.45) is -0.963. The number of nitrogens with one attached hydrogen (secondary N) is 1. The Hall–Kier alpha value is -3.82. The van der Waals surface area contributed by atoms with Crippen LogP contribution in [-0.4, -0.2) is 35.2 Å². The molecule has 1 amide bonds. The number of anilines is 1. The Bertz CT molecular complexity index is 1010. The lowest BCUT2D eigenvalue weighted by atomic mass is 10.1. The molecule has 1 aliphatic heterocycles. The molecule has 0 spiro atoms. The zero-order valence-electron chi connectivity index (χ0n) is 15.3. The minimum atomic E-state index is -1.04. The van der Waals surface area contributed by atoms with Gasteiger partial charge in [-0.1, -0.05) is 23.4 Å². The van der Waals surface area contributed by atoms with Crippen LogP contribution in [0.15, 0.2) is 47.6 Å². The van der Waals surface area contributed by atoms with Crippen molar-refractivity contribution >= 4 is 29.0 Å². The third-order valence-electron chi connectivity index (χ3n) is 4.12. The molecule has 2 aromatic carbocycles. The Balaban J connectivity index is 1.50. The Morgan fingerprint density at radius 3 is 2.86 bits per heavy atom. The van der Waals surface area contributed by atoms with Gasteiger partial charge in [-0.05, 0) is 25.1 Å². The highest BCUT2D eigenvalue weighted by Crippen LogP contribution is 2.22. The molecule has 1 heterocycles. The summed E-state index contributed by atoms with van der Waals surface area (Å²) in [5.41, 5.74) is 1.40. The van der Waals surface area contributed by atoms with E-state index in [1.165, 1.54) is 36.4 Å². The Morgan fingerprint density at radius 1 is 1.34 bits per heavy atom. The van der Waals surface area contributed by atoms with Crippen LogP contribution in [0.4, 0.5) is 15.8 Å². The highest BCUT2D eigenvalue weighted by Gasteiger charge is 2.30. The second-order valence-corrected chi connectivity index (χ2v) is 6.26. The number of ether oxygens (including phenoxy) is 1. The van der Waals surface area contributed by atoms with Crippen molar-refractivity contribution in [2.24, 2.45) is 5.16 Å². The fraction of sp³-hybridized carbons (Fsp3) is 0.211. The van der Waals surface area contributed by atoms with Crippen molar-refractivity contribution in [1.82, 2.24) is 0 Å². The van der Waals surface area contributed by atoms with Crippen molar-refractivity contribution in [3.05, 3.63) is 69.5 Å². The van der Waals surface area contributed by atoms with Crippen LogP contribution in [-0.2, 0) is 19.2 Å². The molecule has 2 aromatic rings. The Morgan fingerprint density at radius 2 is 2.14 bits per heavy atom. The van der Waals surface area contributed by atoms with Crippen LogP contribution in [0.3, 0.4) is 0 Å². The first-order valence-corrected chi connectivity index (χ1v) is 8.53. The number of amides is 1. The van der Waals surface area contributed by atoms with Crippen molar-refractivity contribution in [2.45, 2.75) is 19.4 Å². The van der Waals surface area contributed by atoms with E-state index in [2.05, 4.69) is 10.5 Å². The van der Waals surface area contributed by atoms with Crippen LogP contribution in [0.5, 0.6) is 0 Å². The lowest BCUT2D eigenvalue weighted by Crippen LogP contribution is -2.28.